The maximum atomic E-state index is 11.0. The average molecular weight is 259 g/mol. The van der Waals surface area contributed by atoms with Crippen molar-refractivity contribution in [3.63, 3.8) is 0 Å². The molecule has 3 rings (SSSR count). The summed E-state index contributed by atoms with van der Waals surface area (Å²) >= 11 is 1.26. The van der Waals surface area contributed by atoms with Gasteiger partial charge in [-0.2, -0.15) is 0 Å². The third kappa shape index (κ3) is 1.82. The third-order valence-electron chi connectivity index (χ3n) is 3.34. The van der Waals surface area contributed by atoms with Crippen LogP contribution in [0.1, 0.15) is 32.9 Å². The lowest BCUT2D eigenvalue weighted by Crippen LogP contribution is -1.94. The van der Waals surface area contributed by atoms with Crippen LogP contribution in [0, 0.1) is 6.92 Å². The Bertz CT molecular complexity index is 631. The molecule has 0 radical (unpaired) electrons. The Hall–Kier alpha value is -1.68. The van der Waals surface area contributed by atoms with E-state index in [2.05, 4.69) is 17.1 Å². The zero-order chi connectivity index (χ0) is 12.7. The molecule has 1 aliphatic rings. The van der Waals surface area contributed by atoms with Crippen molar-refractivity contribution in [1.82, 2.24) is 4.98 Å². The molecule has 18 heavy (non-hydrogen) atoms. The molecule has 0 spiro atoms. The highest BCUT2D eigenvalue weighted by atomic mass is 32.1. The molecular weight excluding hydrogens is 246 g/mol. The number of benzene rings is 1. The van der Waals surface area contributed by atoms with Crippen molar-refractivity contribution in [2.75, 3.05) is 0 Å². The Morgan fingerprint density at radius 3 is 2.83 bits per heavy atom. The molecule has 4 heteroatoms. The molecule has 0 atom stereocenters. The van der Waals surface area contributed by atoms with E-state index in [4.69, 9.17) is 5.11 Å². The van der Waals surface area contributed by atoms with Crippen molar-refractivity contribution >= 4 is 17.3 Å². The van der Waals surface area contributed by atoms with Gasteiger partial charge in [0.05, 0.1) is 5.69 Å². The summed E-state index contributed by atoms with van der Waals surface area (Å²) in [6.45, 7) is 1.75. The molecule has 0 fully saturated rings. The van der Waals surface area contributed by atoms with E-state index < -0.39 is 5.97 Å². The fourth-order valence-corrected chi connectivity index (χ4v) is 3.32. The highest BCUT2D eigenvalue weighted by molar-refractivity contribution is 7.17. The molecule has 0 amide bonds. The first-order valence-corrected chi connectivity index (χ1v) is 6.79. The number of nitrogens with zero attached hydrogens (tertiary/aromatic N) is 1. The van der Waals surface area contributed by atoms with Crippen molar-refractivity contribution < 1.29 is 9.90 Å². The van der Waals surface area contributed by atoms with Gasteiger partial charge in [0.2, 0.25) is 0 Å². The summed E-state index contributed by atoms with van der Waals surface area (Å²) in [6, 6.07) is 6.36. The second-order valence-electron chi connectivity index (χ2n) is 4.58. The average Bonchev–Trinajstić information content (AvgIpc) is 2.93. The fourth-order valence-electron chi connectivity index (χ4n) is 2.42. The monoisotopic (exact) mass is 259 g/mol. The minimum atomic E-state index is -0.891. The quantitative estimate of drug-likeness (QED) is 0.900. The van der Waals surface area contributed by atoms with Gasteiger partial charge in [0.1, 0.15) is 9.88 Å². The number of fused-ring (bicyclic) bond motifs is 1. The van der Waals surface area contributed by atoms with Crippen molar-refractivity contribution in [3.8, 4) is 10.6 Å². The first kappa shape index (κ1) is 11.4. The Balaban J connectivity index is 2.05. The van der Waals surface area contributed by atoms with Crippen molar-refractivity contribution in [1.29, 1.82) is 0 Å². The number of rotatable bonds is 2. The lowest BCUT2D eigenvalue weighted by molar-refractivity contribution is 0.0701. The van der Waals surface area contributed by atoms with Crippen LogP contribution in [0.5, 0.6) is 0 Å². The minimum Gasteiger partial charge on any atom is -0.477 e. The van der Waals surface area contributed by atoms with Gasteiger partial charge in [-0.3, -0.25) is 0 Å². The molecular formula is C14H13NO2S. The van der Waals surface area contributed by atoms with E-state index in [0.29, 0.717) is 10.6 Å². The molecule has 92 valence electrons. The van der Waals surface area contributed by atoms with Crippen LogP contribution in [-0.4, -0.2) is 16.1 Å². The largest absolute Gasteiger partial charge is 0.477 e. The molecule has 2 aromatic rings. The van der Waals surface area contributed by atoms with Crippen molar-refractivity contribution in [2.45, 2.75) is 26.2 Å². The van der Waals surface area contributed by atoms with Gasteiger partial charge in [-0.25, -0.2) is 9.78 Å². The Morgan fingerprint density at radius 1 is 1.33 bits per heavy atom. The van der Waals surface area contributed by atoms with Gasteiger partial charge in [0.15, 0.2) is 0 Å². The molecule has 1 aromatic heterocycles. The van der Waals surface area contributed by atoms with Crippen molar-refractivity contribution in [3.05, 3.63) is 39.9 Å². The van der Waals surface area contributed by atoms with Gasteiger partial charge in [-0.05, 0) is 43.4 Å². The molecule has 0 saturated heterocycles. The summed E-state index contributed by atoms with van der Waals surface area (Å²) in [6.07, 6.45) is 3.50. The summed E-state index contributed by atoms with van der Waals surface area (Å²) in [5, 5.41) is 9.86. The number of aromatic nitrogens is 1. The molecule has 1 aliphatic carbocycles. The number of carboxylic acid groups (broad SMARTS) is 1. The second kappa shape index (κ2) is 4.21. The lowest BCUT2D eigenvalue weighted by atomic mass is 10.1. The van der Waals surface area contributed by atoms with E-state index in [1.807, 2.05) is 6.07 Å². The van der Waals surface area contributed by atoms with Gasteiger partial charge in [0, 0.05) is 5.56 Å². The predicted octanol–water partition coefficient (Wildman–Crippen LogP) is 3.31. The molecule has 1 aromatic carbocycles. The van der Waals surface area contributed by atoms with Crippen LogP contribution >= 0.6 is 11.3 Å². The summed E-state index contributed by atoms with van der Waals surface area (Å²) in [4.78, 5) is 15.7. The zero-order valence-corrected chi connectivity index (χ0v) is 10.9. The number of aryl methyl sites for hydroxylation is 3. The van der Waals surface area contributed by atoms with Crippen LogP contribution < -0.4 is 0 Å². The first-order chi connectivity index (χ1) is 8.65. The smallest absolute Gasteiger partial charge is 0.347 e. The standard InChI is InChI=1S/C14H13NO2S/c1-8-12(14(16)17)18-13(15-8)11-6-5-9-3-2-4-10(9)7-11/h5-7H,2-4H2,1H3,(H,16,17). The van der Waals surface area contributed by atoms with Crippen molar-refractivity contribution in [2.24, 2.45) is 0 Å². The van der Waals surface area contributed by atoms with E-state index in [-0.39, 0.29) is 0 Å². The molecule has 1 N–H and O–H groups in total. The number of carboxylic acids is 1. The number of hydrogen-bond donors (Lipinski definition) is 1. The SMILES string of the molecule is Cc1nc(-c2ccc3c(c2)CCC3)sc1C(=O)O. The maximum absolute atomic E-state index is 11.0. The summed E-state index contributed by atoms with van der Waals surface area (Å²) in [5.74, 6) is -0.891. The minimum absolute atomic E-state index is 0.338. The molecule has 0 unspecified atom stereocenters. The number of aromatic carboxylic acids is 1. The normalized spacial score (nSPS) is 13.6. The Labute approximate surface area is 109 Å². The van der Waals surface area contributed by atoms with Gasteiger partial charge < -0.3 is 5.11 Å². The van der Waals surface area contributed by atoms with E-state index in [1.165, 1.54) is 28.9 Å². The maximum Gasteiger partial charge on any atom is 0.347 e. The van der Waals surface area contributed by atoms with Crippen LogP contribution in [0.15, 0.2) is 18.2 Å². The molecule has 0 saturated carbocycles. The van der Waals surface area contributed by atoms with E-state index in [0.717, 1.165) is 23.4 Å². The van der Waals surface area contributed by atoms with Crippen LogP contribution in [0.25, 0.3) is 10.6 Å². The van der Waals surface area contributed by atoms with Crippen LogP contribution in [0.2, 0.25) is 0 Å². The van der Waals surface area contributed by atoms with E-state index >= 15 is 0 Å². The van der Waals surface area contributed by atoms with Crippen LogP contribution in [-0.2, 0) is 12.8 Å². The summed E-state index contributed by atoms with van der Waals surface area (Å²) in [7, 11) is 0. The van der Waals surface area contributed by atoms with Crippen LogP contribution in [0.3, 0.4) is 0 Å². The number of thiazole rings is 1. The van der Waals surface area contributed by atoms with E-state index in [9.17, 15) is 4.79 Å². The number of carbonyl (C=O) groups is 1. The van der Waals surface area contributed by atoms with Crippen LogP contribution in [0.4, 0.5) is 0 Å². The molecule has 3 nitrogen and oxygen atoms in total. The van der Waals surface area contributed by atoms with Gasteiger partial charge in [0.25, 0.3) is 0 Å². The Kier molecular flexibility index (Phi) is 2.67. The predicted molar refractivity (Wildman–Crippen MR) is 71.3 cm³/mol. The summed E-state index contributed by atoms with van der Waals surface area (Å²) < 4.78 is 0. The zero-order valence-electron chi connectivity index (χ0n) is 10.1. The highest BCUT2D eigenvalue weighted by Crippen LogP contribution is 2.31. The van der Waals surface area contributed by atoms with Gasteiger partial charge in [-0.15, -0.1) is 11.3 Å². The molecule has 1 heterocycles. The molecule has 0 aliphatic heterocycles. The first-order valence-electron chi connectivity index (χ1n) is 5.98. The lowest BCUT2D eigenvalue weighted by Gasteiger charge is -2.01. The third-order valence-corrected chi connectivity index (χ3v) is 4.53. The number of hydrogen-bond acceptors (Lipinski definition) is 3. The van der Waals surface area contributed by atoms with E-state index in [1.54, 1.807) is 6.92 Å². The second-order valence-corrected chi connectivity index (χ2v) is 5.57. The Morgan fingerprint density at radius 2 is 2.11 bits per heavy atom. The topological polar surface area (TPSA) is 50.2 Å². The van der Waals surface area contributed by atoms with Gasteiger partial charge in [-0.1, -0.05) is 12.1 Å². The fraction of sp³-hybridized carbons (Fsp3) is 0.286. The van der Waals surface area contributed by atoms with Gasteiger partial charge >= 0.3 is 5.97 Å². The molecule has 0 bridgehead atoms. The summed E-state index contributed by atoms with van der Waals surface area (Å²) in [5.41, 5.74) is 4.45. The highest BCUT2D eigenvalue weighted by Gasteiger charge is 2.17.